The third-order valence-electron chi connectivity index (χ3n) is 6.73. The van der Waals surface area contributed by atoms with Crippen molar-refractivity contribution in [2.75, 3.05) is 18.0 Å². The summed E-state index contributed by atoms with van der Waals surface area (Å²) in [7, 11) is 0. The monoisotopic (exact) mass is 431 g/mol. The number of piperidine rings is 1. The highest BCUT2D eigenvalue weighted by atomic mass is 16.5. The quantitative estimate of drug-likeness (QED) is 0.628. The van der Waals surface area contributed by atoms with Crippen molar-refractivity contribution >= 4 is 11.7 Å². The predicted octanol–water partition coefficient (Wildman–Crippen LogP) is 4.24. The number of amides is 1. The van der Waals surface area contributed by atoms with Gasteiger partial charge in [0.25, 0.3) is 0 Å². The summed E-state index contributed by atoms with van der Waals surface area (Å²) in [5.41, 5.74) is 3.21. The maximum Gasteiger partial charge on any atom is 0.230 e. The fourth-order valence-corrected chi connectivity index (χ4v) is 4.51. The van der Waals surface area contributed by atoms with Crippen LogP contribution in [-0.2, 0) is 11.3 Å². The molecule has 166 valence electrons. The number of aromatic nitrogens is 3. The second-order valence-electron chi connectivity index (χ2n) is 8.89. The highest BCUT2D eigenvalue weighted by molar-refractivity contribution is 5.80. The Morgan fingerprint density at radius 1 is 1.16 bits per heavy atom. The van der Waals surface area contributed by atoms with E-state index in [-0.39, 0.29) is 11.8 Å². The minimum atomic E-state index is -0.0709. The number of nitrogens with zero attached hydrogens (tertiary/aromatic N) is 4. The highest BCUT2D eigenvalue weighted by Gasteiger charge is 2.30. The summed E-state index contributed by atoms with van der Waals surface area (Å²) in [6.45, 7) is 4.13. The molecule has 2 aliphatic rings. The van der Waals surface area contributed by atoms with Crippen LogP contribution in [0.2, 0.25) is 0 Å². The van der Waals surface area contributed by atoms with E-state index in [9.17, 15) is 4.79 Å². The zero-order valence-corrected chi connectivity index (χ0v) is 18.5. The topological polar surface area (TPSA) is 84.2 Å². The van der Waals surface area contributed by atoms with Crippen molar-refractivity contribution in [2.24, 2.45) is 5.92 Å². The van der Waals surface area contributed by atoms with E-state index in [0.29, 0.717) is 24.8 Å². The average molecular weight is 432 g/mol. The molecule has 1 saturated carbocycles. The van der Waals surface area contributed by atoms with Crippen molar-refractivity contribution < 1.29 is 9.32 Å². The Kier molecular flexibility index (Phi) is 5.88. The van der Waals surface area contributed by atoms with Gasteiger partial charge in [0.05, 0.1) is 11.5 Å². The van der Waals surface area contributed by atoms with Crippen molar-refractivity contribution in [3.8, 4) is 11.4 Å². The van der Waals surface area contributed by atoms with Crippen molar-refractivity contribution in [1.82, 2.24) is 20.4 Å². The lowest BCUT2D eigenvalue weighted by atomic mass is 9.85. The van der Waals surface area contributed by atoms with E-state index in [1.54, 1.807) is 6.20 Å². The Bertz CT molecular complexity index is 1090. The number of hydrogen-bond acceptors (Lipinski definition) is 6. The maximum atomic E-state index is 12.9. The lowest BCUT2D eigenvalue weighted by molar-refractivity contribution is -0.125. The molecule has 2 aromatic heterocycles. The molecule has 1 aliphatic heterocycles. The summed E-state index contributed by atoms with van der Waals surface area (Å²) in [5.74, 6) is 2.56. The minimum absolute atomic E-state index is 0.0709. The zero-order valence-electron chi connectivity index (χ0n) is 18.5. The van der Waals surface area contributed by atoms with Crippen LogP contribution in [0.4, 0.5) is 5.82 Å². The van der Waals surface area contributed by atoms with E-state index in [0.717, 1.165) is 55.1 Å². The standard InChI is InChI=1S/C25H29N5O2/c1-17-7-2-3-8-19(17)15-27-24(31)20-11-6-14-30(16-20)23-21(12-5-13-26-23)22-28-25(32-29-22)18-9-4-10-18/h2-3,5,7-8,12-13,18,20H,4,6,9-11,14-16H2,1H3,(H,27,31). The van der Waals surface area contributed by atoms with Crippen molar-refractivity contribution in [2.45, 2.75) is 51.5 Å². The van der Waals surface area contributed by atoms with Gasteiger partial charge in [0.15, 0.2) is 0 Å². The molecular weight excluding hydrogens is 402 g/mol. The Labute approximate surface area is 188 Å². The number of aryl methyl sites for hydroxylation is 1. The molecular formula is C25H29N5O2. The Morgan fingerprint density at radius 3 is 2.84 bits per heavy atom. The van der Waals surface area contributed by atoms with Crippen LogP contribution in [0.3, 0.4) is 0 Å². The van der Waals surface area contributed by atoms with Crippen molar-refractivity contribution in [3.05, 3.63) is 59.6 Å². The number of nitrogens with one attached hydrogen (secondary N) is 1. The van der Waals surface area contributed by atoms with E-state index in [1.165, 1.54) is 12.0 Å². The molecule has 3 aromatic rings. The Hall–Kier alpha value is -3.22. The molecule has 1 N–H and O–H groups in total. The third kappa shape index (κ3) is 4.24. The normalized spacial score (nSPS) is 18.9. The van der Waals surface area contributed by atoms with Crippen LogP contribution in [0.5, 0.6) is 0 Å². The number of hydrogen-bond donors (Lipinski definition) is 1. The van der Waals surface area contributed by atoms with Crippen LogP contribution in [0, 0.1) is 12.8 Å². The first kappa shape index (κ1) is 20.7. The maximum absolute atomic E-state index is 12.9. The summed E-state index contributed by atoms with van der Waals surface area (Å²) in [4.78, 5) is 24.4. The summed E-state index contributed by atoms with van der Waals surface area (Å²) in [6, 6.07) is 12.0. The fraction of sp³-hybridized carbons (Fsp3) is 0.440. The SMILES string of the molecule is Cc1ccccc1CNC(=O)C1CCCN(c2ncccc2-c2noc(C3CCC3)n2)C1. The molecule has 7 heteroatoms. The van der Waals surface area contributed by atoms with Crippen LogP contribution in [0.1, 0.15) is 55.0 Å². The van der Waals surface area contributed by atoms with Gasteiger partial charge < -0.3 is 14.7 Å². The molecule has 0 radical (unpaired) electrons. The van der Waals surface area contributed by atoms with Crippen molar-refractivity contribution in [3.63, 3.8) is 0 Å². The van der Waals surface area contributed by atoms with Gasteiger partial charge in [-0.1, -0.05) is 35.8 Å². The Balaban J connectivity index is 1.29. The second-order valence-corrected chi connectivity index (χ2v) is 8.89. The number of carbonyl (C=O) groups is 1. The first-order chi connectivity index (χ1) is 15.7. The lowest BCUT2D eigenvalue weighted by Crippen LogP contribution is -2.43. The van der Waals surface area contributed by atoms with E-state index in [1.807, 2.05) is 24.3 Å². The average Bonchev–Trinajstić information content (AvgIpc) is 3.26. The van der Waals surface area contributed by atoms with Crippen LogP contribution in [0.15, 0.2) is 47.1 Å². The van der Waals surface area contributed by atoms with Crippen LogP contribution in [0.25, 0.3) is 11.4 Å². The van der Waals surface area contributed by atoms with Crippen molar-refractivity contribution in [1.29, 1.82) is 0 Å². The number of rotatable bonds is 6. The smallest absolute Gasteiger partial charge is 0.230 e. The molecule has 1 amide bonds. The van der Waals surface area contributed by atoms with Gasteiger partial charge in [-0.05, 0) is 55.9 Å². The number of anilines is 1. The van der Waals surface area contributed by atoms with Gasteiger partial charge in [0.2, 0.25) is 17.6 Å². The summed E-state index contributed by atoms with van der Waals surface area (Å²) in [6.07, 6.45) is 7.07. The fourth-order valence-electron chi connectivity index (χ4n) is 4.51. The first-order valence-electron chi connectivity index (χ1n) is 11.5. The molecule has 3 heterocycles. The molecule has 0 bridgehead atoms. The van der Waals surface area contributed by atoms with E-state index in [2.05, 4.69) is 44.4 Å². The molecule has 0 spiro atoms. The van der Waals surface area contributed by atoms with Gasteiger partial charge in [-0.2, -0.15) is 4.98 Å². The second kappa shape index (κ2) is 9.10. The molecule has 1 aromatic carbocycles. The molecule has 1 atom stereocenters. The Morgan fingerprint density at radius 2 is 2.03 bits per heavy atom. The molecule has 1 unspecified atom stereocenters. The van der Waals surface area contributed by atoms with Gasteiger partial charge in [-0.3, -0.25) is 4.79 Å². The summed E-state index contributed by atoms with van der Waals surface area (Å²) >= 11 is 0. The minimum Gasteiger partial charge on any atom is -0.355 e. The highest BCUT2D eigenvalue weighted by Crippen LogP contribution is 2.37. The van der Waals surface area contributed by atoms with Crippen LogP contribution in [-0.4, -0.2) is 34.1 Å². The van der Waals surface area contributed by atoms with E-state index < -0.39 is 0 Å². The first-order valence-corrected chi connectivity index (χ1v) is 11.5. The molecule has 5 rings (SSSR count). The van der Waals surface area contributed by atoms with E-state index >= 15 is 0 Å². The van der Waals surface area contributed by atoms with Gasteiger partial charge in [-0.15, -0.1) is 0 Å². The van der Waals surface area contributed by atoms with E-state index in [4.69, 9.17) is 4.52 Å². The molecule has 7 nitrogen and oxygen atoms in total. The lowest BCUT2D eigenvalue weighted by Gasteiger charge is -2.33. The number of benzene rings is 1. The molecule has 1 saturated heterocycles. The molecule has 32 heavy (non-hydrogen) atoms. The van der Waals surface area contributed by atoms with Gasteiger partial charge >= 0.3 is 0 Å². The molecule has 2 fully saturated rings. The largest absolute Gasteiger partial charge is 0.355 e. The summed E-state index contributed by atoms with van der Waals surface area (Å²) < 4.78 is 5.54. The third-order valence-corrected chi connectivity index (χ3v) is 6.73. The van der Waals surface area contributed by atoms with Gasteiger partial charge in [-0.25, -0.2) is 4.98 Å². The molecule has 1 aliphatic carbocycles. The zero-order chi connectivity index (χ0) is 21.9. The van der Waals surface area contributed by atoms with Crippen LogP contribution >= 0.6 is 0 Å². The van der Waals surface area contributed by atoms with Gasteiger partial charge in [0.1, 0.15) is 5.82 Å². The predicted molar refractivity (Wildman–Crippen MR) is 122 cm³/mol. The summed E-state index contributed by atoms with van der Waals surface area (Å²) in [5, 5.41) is 7.37. The number of pyridine rings is 1. The van der Waals surface area contributed by atoms with Gasteiger partial charge in [0, 0.05) is 31.7 Å². The van der Waals surface area contributed by atoms with Crippen LogP contribution < -0.4 is 10.2 Å². The number of carbonyl (C=O) groups excluding carboxylic acids is 1.